The van der Waals surface area contributed by atoms with Crippen molar-refractivity contribution in [2.75, 3.05) is 13.2 Å². The topological polar surface area (TPSA) is 81.8 Å². The first-order valence-electron chi connectivity index (χ1n) is 8.40. The summed E-state index contributed by atoms with van der Waals surface area (Å²) < 4.78 is 5.75. The van der Waals surface area contributed by atoms with Crippen molar-refractivity contribution in [1.82, 2.24) is 0 Å². The van der Waals surface area contributed by atoms with E-state index in [0.717, 1.165) is 33.4 Å². The quantitative estimate of drug-likeness (QED) is 0.452. The highest BCUT2D eigenvalue weighted by Gasteiger charge is 2.27. The van der Waals surface area contributed by atoms with Crippen LogP contribution in [0.5, 0.6) is 5.75 Å². The number of hydrogen-bond acceptors (Lipinski definition) is 4. The van der Waals surface area contributed by atoms with E-state index in [2.05, 4.69) is 11.0 Å². The Labute approximate surface area is 152 Å². The third-order valence-corrected chi connectivity index (χ3v) is 4.37. The van der Waals surface area contributed by atoms with Crippen molar-refractivity contribution in [3.63, 3.8) is 0 Å². The lowest BCUT2D eigenvalue weighted by Gasteiger charge is -2.12. The Kier molecular flexibility index (Phi) is 5.51. The highest BCUT2D eigenvalue weighted by atomic mass is 17.1. The number of rotatable bonds is 7. The molecule has 134 valence electrons. The SMILES string of the molecule is CC1=C(CC(N)=O)c2c(OCCOO)cccc2C1=Cc1ccccc1. The van der Waals surface area contributed by atoms with Crippen molar-refractivity contribution in [1.29, 1.82) is 0 Å². The molecular formula is C21H21NO4. The van der Waals surface area contributed by atoms with Crippen molar-refractivity contribution >= 4 is 23.1 Å². The van der Waals surface area contributed by atoms with Gasteiger partial charge in [0.2, 0.25) is 5.91 Å². The molecule has 0 aromatic heterocycles. The molecule has 0 fully saturated rings. The van der Waals surface area contributed by atoms with Gasteiger partial charge in [-0.2, -0.15) is 0 Å². The van der Waals surface area contributed by atoms with Gasteiger partial charge < -0.3 is 10.5 Å². The van der Waals surface area contributed by atoms with E-state index in [-0.39, 0.29) is 25.5 Å². The van der Waals surface area contributed by atoms with E-state index in [4.69, 9.17) is 15.7 Å². The zero-order chi connectivity index (χ0) is 18.5. The highest BCUT2D eigenvalue weighted by molar-refractivity contribution is 6.09. The van der Waals surface area contributed by atoms with Crippen LogP contribution in [0.2, 0.25) is 0 Å². The standard InChI is InChI=1S/C21H21NO4/c1-14-17(12-15-6-3-2-4-7-15)16-8-5-9-19(25-10-11-26-24)21(16)18(14)13-20(22)23/h2-9,12,24H,10-11,13H2,1H3,(H2,22,23). The second-order valence-electron chi connectivity index (χ2n) is 6.08. The molecule has 3 rings (SSSR count). The van der Waals surface area contributed by atoms with Crippen LogP contribution in [-0.2, 0) is 9.68 Å². The first-order chi connectivity index (χ1) is 12.6. The molecule has 1 aliphatic carbocycles. The Balaban J connectivity index is 2.10. The van der Waals surface area contributed by atoms with E-state index in [1.807, 2.05) is 55.5 Å². The zero-order valence-corrected chi connectivity index (χ0v) is 14.6. The van der Waals surface area contributed by atoms with Crippen LogP contribution < -0.4 is 10.5 Å². The average molecular weight is 351 g/mol. The molecule has 0 atom stereocenters. The summed E-state index contributed by atoms with van der Waals surface area (Å²) in [6, 6.07) is 15.8. The number of hydrogen-bond donors (Lipinski definition) is 2. The minimum atomic E-state index is -0.389. The molecule has 26 heavy (non-hydrogen) atoms. The maximum absolute atomic E-state index is 11.6. The lowest BCUT2D eigenvalue weighted by molar-refractivity contribution is -0.245. The van der Waals surface area contributed by atoms with E-state index >= 15 is 0 Å². The summed E-state index contributed by atoms with van der Waals surface area (Å²) in [5.41, 5.74) is 11.4. The van der Waals surface area contributed by atoms with Gasteiger partial charge in [-0.15, -0.1) is 0 Å². The average Bonchev–Trinajstić information content (AvgIpc) is 2.89. The molecule has 0 aliphatic heterocycles. The molecule has 0 bridgehead atoms. The van der Waals surface area contributed by atoms with Crippen molar-refractivity contribution in [3.05, 3.63) is 70.8 Å². The normalized spacial score (nSPS) is 14.6. The first-order valence-corrected chi connectivity index (χ1v) is 8.40. The van der Waals surface area contributed by atoms with E-state index in [1.165, 1.54) is 0 Å². The molecule has 3 N–H and O–H groups in total. The van der Waals surface area contributed by atoms with Gasteiger partial charge in [0.05, 0.1) is 6.42 Å². The second-order valence-corrected chi connectivity index (χ2v) is 6.08. The predicted molar refractivity (Wildman–Crippen MR) is 101 cm³/mol. The molecule has 0 heterocycles. The van der Waals surface area contributed by atoms with Crippen molar-refractivity contribution in [3.8, 4) is 5.75 Å². The van der Waals surface area contributed by atoms with Gasteiger partial charge in [0.25, 0.3) is 0 Å². The van der Waals surface area contributed by atoms with E-state index in [9.17, 15) is 4.79 Å². The lowest BCUT2D eigenvalue weighted by Crippen LogP contribution is -2.11. The Bertz CT molecular complexity index is 869. The number of ether oxygens (including phenoxy) is 1. The Morgan fingerprint density at radius 2 is 1.88 bits per heavy atom. The molecular weight excluding hydrogens is 330 g/mol. The zero-order valence-electron chi connectivity index (χ0n) is 14.6. The number of carbonyl (C=O) groups is 1. The monoisotopic (exact) mass is 351 g/mol. The summed E-state index contributed by atoms with van der Waals surface area (Å²) in [7, 11) is 0. The number of primary amides is 1. The highest BCUT2D eigenvalue weighted by Crippen LogP contribution is 2.47. The molecule has 5 nitrogen and oxygen atoms in total. The number of carbonyl (C=O) groups excluding carboxylic acids is 1. The van der Waals surface area contributed by atoms with Crippen molar-refractivity contribution in [2.24, 2.45) is 5.73 Å². The second kappa shape index (κ2) is 7.99. The summed E-state index contributed by atoms with van der Waals surface area (Å²) in [5.74, 6) is 0.256. The van der Waals surface area contributed by atoms with E-state index < -0.39 is 0 Å². The first kappa shape index (κ1) is 17.9. The minimum absolute atomic E-state index is 0.0598. The fourth-order valence-corrected chi connectivity index (χ4v) is 3.23. The van der Waals surface area contributed by atoms with Crippen LogP contribution in [0.15, 0.2) is 54.1 Å². The minimum Gasteiger partial charge on any atom is -0.490 e. The predicted octanol–water partition coefficient (Wildman–Crippen LogP) is 3.76. The summed E-state index contributed by atoms with van der Waals surface area (Å²) in [5, 5.41) is 8.50. The summed E-state index contributed by atoms with van der Waals surface area (Å²) in [6.45, 7) is 2.26. The number of allylic oxidation sites excluding steroid dienone is 2. The van der Waals surface area contributed by atoms with Crippen molar-refractivity contribution < 1.29 is 19.7 Å². The van der Waals surface area contributed by atoms with E-state index in [1.54, 1.807) is 0 Å². The van der Waals surface area contributed by atoms with Gasteiger partial charge in [-0.3, -0.25) is 10.1 Å². The molecule has 0 saturated carbocycles. The van der Waals surface area contributed by atoms with E-state index in [0.29, 0.717) is 5.75 Å². The van der Waals surface area contributed by atoms with Crippen LogP contribution in [-0.4, -0.2) is 24.4 Å². The van der Waals surface area contributed by atoms with Gasteiger partial charge in [-0.25, -0.2) is 4.89 Å². The Morgan fingerprint density at radius 3 is 2.58 bits per heavy atom. The summed E-state index contributed by atoms with van der Waals surface area (Å²) in [6.07, 6.45) is 2.24. The van der Waals surface area contributed by atoms with Gasteiger partial charge in [0.15, 0.2) is 0 Å². The third-order valence-electron chi connectivity index (χ3n) is 4.37. The Hall–Kier alpha value is -2.89. The van der Waals surface area contributed by atoms with Crippen LogP contribution in [0.1, 0.15) is 30.0 Å². The molecule has 5 heteroatoms. The lowest BCUT2D eigenvalue weighted by atomic mass is 10.00. The summed E-state index contributed by atoms with van der Waals surface area (Å²) >= 11 is 0. The van der Waals surface area contributed by atoms with Crippen LogP contribution in [0, 0.1) is 0 Å². The van der Waals surface area contributed by atoms with Gasteiger partial charge >= 0.3 is 0 Å². The van der Waals surface area contributed by atoms with Crippen LogP contribution >= 0.6 is 0 Å². The molecule has 2 aromatic carbocycles. The fourth-order valence-electron chi connectivity index (χ4n) is 3.23. The van der Waals surface area contributed by atoms with Gasteiger partial charge in [-0.1, -0.05) is 42.5 Å². The molecule has 0 spiro atoms. The summed E-state index contributed by atoms with van der Waals surface area (Å²) in [4.78, 5) is 15.7. The number of benzene rings is 2. The molecule has 1 aliphatic rings. The van der Waals surface area contributed by atoms with Crippen LogP contribution in [0.25, 0.3) is 17.2 Å². The molecule has 1 amide bonds. The smallest absolute Gasteiger partial charge is 0.221 e. The fraction of sp³-hybridized carbons (Fsp3) is 0.190. The van der Waals surface area contributed by atoms with Gasteiger partial charge in [0, 0.05) is 5.56 Å². The maximum Gasteiger partial charge on any atom is 0.221 e. The molecule has 0 radical (unpaired) electrons. The van der Waals surface area contributed by atoms with Crippen molar-refractivity contribution in [2.45, 2.75) is 13.3 Å². The maximum atomic E-state index is 11.6. The number of amides is 1. The number of nitrogens with two attached hydrogens (primary N) is 1. The van der Waals surface area contributed by atoms with Crippen LogP contribution in [0.3, 0.4) is 0 Å². The van der Waals surface area contributed by atoms with Gasteiger partial charge in [-0.05, 0) is 46.9 Å². The largest absolute Gasteiger partial charge is 0.490 e. The van der Waals surface area contributed by atoms with Crippen LogP contribution in [0.4, 0.5) is 0 Å². The Morgan fingerprint density at radius 1 is 1.12 bits per heavy atom. The third kappa shape index (κ3) is 3.69. The van der Waals surface area contributed by atoms with Gasteiger partial charge in [0.1, 0.15) is 19.0 Å². The molecule has 0 saturated heterocycles. The number of fused-ring (bicyclic) bond motifs is 1. The molecule has 2 aromatic rings. The molecule has 0 unspecified atom stereocenters.